The molecule has 0 saturated heterocycles. The number of rotatable bonds is 8. The van der Waals surface area contributed by atoms with Crippen LogP contribution in [0.2, 0.25) is 0 Å². The van der Waals surface area contributed by atoms with Gasteiger partial charge in [-0.2, -0.15) is 0 Å². The van der Waals surface area contributed by atoms with Crippen molar-refractivity contribution in [2.24, 2.45) is 11.7 Å². The van der Waals surface area contributed by atoms with E-state index in [2.05, 4.69) is 13.8 Å². The van der Waals surface area contributed by atoms with Gasteiger partial charge >= 0.3 is 0 Å². The first-order valence-electron chi connectivity index (χ1n) is 6.04. The number of hydrogen-bond acceptors (Lipinski definition) is 2. The molecule has 0 aliphatic rings. The molecule has 0 aliphatic heterocycles. The highest BCUT2D eigenvalue weighted by molar-refractivity contribution is 4.80. The van der Waals surface area contributed by atoms with Crippen molar-refractivity contribution in [3.8, 4) is 0 Å². The molecule has 2 nitrogen and oxygen atoms in total. The zero-order valence-corrected chi connectivity index (χ0v) is 10.1. The standard InChI is InChI=1S/C12H27NO/c1-4-7-8-11(5-2)9-12(14,6-3)10-13/h11,14H,4-10,13H2,1-3H3. The van der Waals surface area contributed by atoms with Crippen molar-refractivity contribution in [2.45, 2.75) is 64.9 Å². The molecule has 2 heteroatoms. The first kappa shape index (κ1) is 13.9. The molecule has 0 heterocycles. The van der Waals surface area contributed by atoms with Gasteiger partial charge in [0.05, 0.1) is 5.60 Å². The maximum atomic E-state index is 10.1. The van der Waals surface area contributed by atoms with Gasteiger partial charge in [0, 0.05) is 6.54 Å². The topological polar surface area (TPSA) is 46.2 Å². The zero-order valence-electron chi connectivity index (χ0n) is 10.1. The summed E-state index contributed by atoms with van der Waals surface area (Å²) >= 11 is 0. The molecule has 0 aromatic rings. The minimum atomic E-state index is -0.617. The predicted octanol–water partition coefficient (Wildman–Crippen LogP) is 2.69. The smallest absolute Gasteiger partial charge is 0.0769 e. The fourth-order valence-electron chi connectivity index (χ4n) is 1.85. The summed E-state index contributed by atoms with van der Waals surface area (Å²) < 4.78 is 0. The summed E-state index contributed by atoms with van der Waals surface area (Å²) in [6, 6.07) is 0. The van der Waals surface area contributed by atoms with Crippen LogP contribution in [0.25, 0.3) is 0 Å². The first-order valence-corrected chi connectivity index (χ1v) is 6.04. The van der Waals surface area contributed by atoms with Crippen molar-refractivity contribution in [3.05, 3.63) is 0 Å². The predicted molar refractivity (Wildman–Crippen MR) is 62.2 cm³/mol. The summed E-state index contributed by atoms with van der Waals surface area (Å²) in [5.41, 5.74) is 4.98. The van der Waals surface area contributed by atoms with Gasteiger partial charge in [-0.25, -0.2) is 0 Å². The largest absolute Gasteiger partial charge is 0.389 e. The number of unbranched alkanes of at least 4 members (excludes halogenated alkanes) is 1. The Morgan fingerprint density at radius 3 is 2.29 bits per heavy atom. The van der Waals surface area contributed by atoms with E-state index in [9.17, 15) is 5.11 Å². The third kappa shape index (κ3) is 4.97. The highest BCUT2D eigenvalue weighted by Gasteiger charge is 2.25. The van der Waals surface area contributed by atoms with E-state index in [0.717, 1.165) is 19.3 Å². The molecule has 0 fully saturated rings. The maximum Gasteiger partial charge on any atom is 0.0769 e. The van der Waals surface area contributed by atoms with Crippen molar-refractivity contribution in [1.82, 2.24) is 0 Å². The van der Waals surface area contributed by atoms with Crippen LogP contribution in [0.1, 0.15) is 59.3 Å². The van der Waals surface area contributed by atoms with Gasteiger partial charge in [-0.05, 0) is 18.8 Å². The van der Waals surface area contributed by atoms with Crippen molar-refractivity contribution in [2.75, 3.05) is 6.54 Å². The summed E-state index contributed by atoms with van der Waals surface area (Å²) in [6.07, 6.45) is 6.53. The molecule has 0 spiro atoms. The van der Waals surface area contributed by atoms with Gasteiger partial charge < -0.3 is 10.8 Å². The Kier molecular flexibility index (Phi) is 7.20. The lowest BCUT2D eigenvalue weighted by molar-refractivity contribution is 0.0179. The van der Waals surface area contributed by atoms with E-state index in [1.54, 1.807) is 0 Å². The van der Waals surface area contributed by atoms with Crippen molar-refractivity contribution in [1.29, 1.82) is 0 Å². The number of nitrogens with two attached hydrogens (primary N) is 1. The number of hydrogen-bond donors (Lipinski definition) is 2. The minimum absolute atomic E-state index is 0.395. The molecule has 14 heavy (non-hydrogen) atoms. The highest BCUT2D eigenvalue weighted by Crippen LogP contribution is 2.25. The molecular weight excluding hydrogens is 174 g/mol. The normalized spacial score (nSPS) is 17.8. The molecule has 0 saturated carbocycles. The van der Waals surface area contributed by atoms with Gasteiger partial charge in [-0.3, -0.25) is 0 Å². The van der Waals surface area contributed by atoms with Gasteiger partial charge in [0.15, 0.2) is 0 Å². The van der Waals surface area contributed by atoms with Gasteiger partial charge in [-0.15, -0.1) is 0 Å². The molecule has 2 unspecified atom stereocenters. The molecular formula is C12H27NO. The van der Waals surface area contributed by atoms with E-state index in [1.807, 2.05) is 6.92 Å². The third-order valence-electron chi connectivity index (χ3n) is 3.25. The van der Waals surface area contributed by atoms with Crippen LogP contribution in [0.15, 0.2) is 0 Å². The lowest BCUT2D eigenvalue weighted by atomic mass is 9.84. The van der Waals surface area contributed by atoms with Crippen LogP contribution in [0.4, 0.5) is 0 Å². The van der Waals surface area contributed by atoms with Crippen LogP contribution >= 0.6 is 0 Å². The Morgan fingerprint density at radius 1 is 1.29 bits per heavy atom. The molecule has 2 atom stereocenters. The van der Waals surface area contributed by atoms with Gasteiger partial charge in [0.2, 0.25) is 0 Å². The van der Waals surface area contributed by atoms with E-state index >= 15 is 0 Å². The molecule has 0 amide bonds. The quantitative estimate of drug-likeness (QED) is 0.634. The molecule has 0 aromatic heterocycles. The van der Waals surface area contributed by atoms with E-state index in [-0.39, 0.29) is 0 Å². The molecule has 0 bridgehead atoms. The van der Waals surface area contributed by atoms with Crippen molar-refractivity contribution < 1.29 is 5.11 Å². The molecule has 0 aliphatic carbocycles. The Labute approximate surface area is 88.9 Å². The van der Waals surface area contributed by atoms with Gasteiger partial charge in [-0.1, -0.05) is 46.5 Å². The highest BCUT2D eigenvalue weighted by atomic mass is 16.3. The van der Waals surface area contributed by atoms with Crippen LogP contribution in [-0.4, -0.2) is 17.3 Å². The Morgan fingerprint density at radius 2 is 1.93 bits per heavy atom. The molecule has 3 N–H and O–H groups in total. The monoisotopic (exact) mass is 201 g/mol. The summed E-state index contributed by atoms with van der Waals surface area (Å²) in [6.45, 7) is 6.82. The average Bonchev–Trinajstić information content (AvgIpc) is 2.23. The molecule has 0 rings (SSSR count). The Bertz CT molecular complexity index is 132. The van der Waals surface area contributed by atoms with E-state index in [0.29, 0.717) is 12.5 Å². The van der Waals surface area contributed by atoms with Crippen LogP contribution in [-0.2, 0) is 0 Å². The number of aliphatic hydroxyl groups is 1. The Hall–Kier alpha value is -0.0800. The van der Waals surface area contributed by atoms with Gasteiger partial charge in [0.25, 0.3) is 0 Å². The van der Waals surface area contributed by atoms with Crippen molar-refractivity contribution in [3.63, 3.8) is 0 Å². The molecule has 0 aromatic carbocycles. The zero-order chi connectivity index (χ0) is 11.0. The van der Waals surface area contributed by atoms with Crippen LogP contribution in [0.3, 0.4) is 0 Å². The maximum absolute atomic E-state index is 10.1. The summed E-state index contributed by atoms with van der Waals surface area (Å²) in [4.78, 5) is 0. The third-order valence-corrected chi connectivity index (χ3v) is 3.25. The van der Waals surface area contributed by atoms with Gasteiger partial charge in [0.1, 0.15) is 0 Å². The summed E-state index contributed by atoms with van der Waals surface area (Å²) in [5, 5.41) is 10.1. The van der Waals surface area contributed by atoms with E-state index in [1.165, 1.54) is 19.3 Å². The molecule has 0 radical (unpaired) electrons. The second-order valence-corrected chi connectivity index (χ2v) is 4.40. The summed E-state index contributed by atoms with van der Waals surface area (Å²) in [7, 11) is 0. The van der Waals surface area contributed by atoms with Crippen molar-refractivity contribution >= 4 is 0 Å². The fourth-order valence-corrected chi connectivity index (χ4v) is 1.85. The van der Waals surface area contributed by atoms with Crippen LogP contribution in [0.5, 0.6) is 0 Å². The minimum Gasteiger partial charge on any atom is -0.389 e. The van der Waals surface area contributed by atoms with Crippen LogP contribution < -0.4 is 5.73 Å². The first-order chi connectivity index (χ1) is 6.61. The van der Waals surface area contributed by atoms with E-state index < -0.39 is 5.60 Å². The Balaban J connectivity index is 4.00. The lowest BCUT2D eigenvalue weighted by Crippen LogP contribution is -2.38. The molecule has 86 valence electrons. The fraction of sp³-hybridized carbons (Fsp3) is 1.00. The van der Waals surface area contributed by atoms with Crippen LogP contribution in [0, 0.1) is 5.92 Å². The lowest BCUT2D eigenvalue weighted by Gasteiger charge is -2.29. The summed E-state index contributed by atoms with van der Waals surface area (Å²) in [5.74, 6) is 0.642. The van der Waals surface area contributed by atoms with E-state index in [4.69, 9.17) is 5.73 Å². The second-order valence-electron chi connectivity index (χ2n) is 4.40. The second kappa shape index (κ2) is 7.24. The SMILES string of the molecule is CCCCC(CC)CC(O)(CC)CN. The average molecular weight is 201 g/mol.